The Bertz CT molecular complexity index is 606. The van der Waals surface area contributed by atoms with Crippen molar-refractivity contribution in [1.29, 1.82) is 0 Å². The van der Waals surface area contributed by atoms with Crippen molar-refractivity contribution in [3.05, 3.63) is 40.2 Å². The Kier molecular flexibility index (Phi) is 3.38. The van der Waals surface area contributed by atoms with E-state index in [4.69, 9.17) is 5.11 Å². The number of carboxylic acid groups (broad SMARTS) is 1. The van der Waals surface area contributed by atoms with Crippen LogP contribution in [0.2, 0.25) is 0 Å². The van der Waals surface area contributed by atoms with Gasteiger partial charge in [0.1, 0.15) is 4.88 Å². The van der Waals surface area contributed by atoms with E-state index in [1.54, 1.807) is 11.4 Å². The molecule has 2 heterocycles. The normalized spacial score (nSPS) is 10.1. The molecule has 0 atom stereocenters. The van der Waals surface area contributed by atoms with E-state index in [1.165, 1.54) is 36.8 Å². The van der Waals surface area contributed by atoms with Crippen molar-refractivity contribution in [1.82, 2.24) is 4.98 Å². The van der Waals surface area contributed by atoms with Gasteiger partial charge >= 0.3 is 11.9 Å². The van der Waals surface area contributed by atoms with Crippen molar-refractivity contribution in [2.75, 3.05) is 7.11 Å². The highest BCUT2D eigenvalue weighted by atomic mass is 32.1. The molecule has 5 nitrogen and oxygen atoms in total. The Morgan fingerprint density at radius 2 is 2.17 bits per heavy atom. The number of hydrogen-bond acceptors (Lipinski definition) is 5. The number of aromatic nitrogens is 1. The molecule has 0 bridgehead atoms. The number of esters is 1. The lowest BCUT2D eigenvalue weighted by molar-refractivity contribution is 0.0605. The third kappa shape index (κ3) is 2.38. The molecule has 0 amide bonds. The van der Waals surface area contributed by atoms with Gasteiger partial charge in [-0.05, 0) is 18.2 Å². The van der Waals surface area contributed by atoms with Crippen LogP contribution in [-0.2, 0) is 4.74 Å². The van der Waals surface area contributed by atoms with E-state index in [0.717, 1.165) is 0 Å². The lowest BCUT2D eigenvalue weighted by Gasteiger charge is -1.98. The number of methoxy groups -OCH3 is 1. The second kappa shape index (κ2) is 4.97. The summed E-state index contributed by atoms with van der Waals surface area (Å²) >= 11 is 1.23. The van der Waals surface area contributed by atoms with E-state index < -0.39 is 11.9 Å². The Morgan fingerprint density at radius 1 is 1.39 bits per heavy atom. The lowest BCUT2D eigenvalue weighted by atomic mass is 10.1. The molecule has 0 saturated heterocycles. The van der Waals surface area contributed by atoms with Gasteiger partial charge in [0.05, 0.1) is 18.4 Å². The zero-order valence-corrected chi connectivity index (χ0v) is 10.2. The maximum absolute atomic E-state index is 11.3. The maximum Gasteiger partial charge on any atom is 0.348 e. The highest BCUT2D eigenvalue weighted by Gasteiger charge is 2.12. The fourth-order valence-electron chi connectivity index (χ4n) is 1.40. The Hall–Kier alpha value is -2.21. The van der Waals surface area contributed by atoms with Crippen LogP contribution in [-0.4, -0.2) is 29.1 Å². The maximum atomic E-state index is 11.3. The minimum absolute atomic E-state index is 0.158. The molecule has 0 saturated carbocycles. The molecule has 0 spiro atoms. The van der Waals surface area contributed by atoms with Gasteiger partial charge in [0.25, 0.3) is 0 Å². The first kappa shape index (κ1) is 12.3. The summed E-state index contributed by atoms with van der Waals surface area (Å²) in [4.78, 5) is 26.7. The molecule has 92 valence electrons. The molecule has 0 unspecified atom stereocenters. The van der Waals surface area contributed by atoms with E-state index in [0.29, 0.717) is 16.1 Å². The molecule has 0 aliphatic heterocycles. The number of rotatable bonds is 3. The fraction of sp³-hybridized carbons (Fsp3) is 0.0833. The number of carbonyl (C=O) groups excluding carboxylic acids is 1. The number of thiophene rings is 1. The summed E-state index contributed by atoms with van der Waals surface area (Å²) in [5.41, 5.74) is 1.37. The van der Waals surface area contributed by atoms with Crippen molar-refractivity contribution in [2.24, 2.45) is 0 Å². The van der Waals surface area contributed by atoms with E-state index in [1.807, 2.05) is 0 Å². The van der Waals surface area contributed by atoms with Crippen LogP contribution in [0.3, 0.4) is 0 Å². The standard InChI is InChI=1S/C12H9NO4S/c1-17-12(16)10-5-8(6-18-10)9-4-7(11(14)15)2-3-13-9/h2-6H,1H3,(H,14,15). The molecule has 0 aliphatic carbocycles. The Labute approximate surface area is 107 Å². The van der Waals surface area contributed by atoms with Crippen LogP contribution in [0.25, 0.3) is 11.3 Å². The summed E-state index contributed by atoms with van der Waals surface area (Å²) in [6.45, 7) is 0. The monoisotopic (exact) mass is 263 g/mol. The SMILES string of the molecule is COC(=O)c1cc(-c2cc(C(=O)O)ccn2)cs1. The first-order valence-electron chi connectivity index (χ1n) is 4.98. The number of ether oxygens (including phenoxy) is 1. The largest absolute Gasteiger partial charge is 0.478 e. The number of nitrogens with zero attached hydrogens (tertiary/aromatic N) is 1. The second-order valence-corrected chi connectivity index (χ2v) is 4.34. The van der Waals surface area contributed by atoms with Gasteiger partial charge in [0.15, 0.2) is 0 Å². The average molecular weight is 263 g/mol. The van der Waals surface area contributed by atoms with Gasteiger partial charge in [-0.3, -0.25) is 4.98 Å². The summed E-state index contributed by atoms with van der Waals surface area (Å²) in [5, 5.41) is 10.6. The molecule has 0 aliphatic rings. The highest BCUT2D eigenvalue weighted by Crippen LogP contribution is 2.25. The zero-order chi connectivity index (χ0) is 13.1. The van der Waals surface area contributed by atoms with Crippen molar-refractivity contribution in [3.8, 4) is 11.3 Å². The molecular formula is C12H9NO4S. The molecule has 18 heavy (non-hydrogen) atoms. The highest BCUT2D eigenvalue weighted by molar-refractivity contribution is 7.12. The van der Waals surface area contributed by atoms with Crippen LogP contribution in [0.15, 0.2) is 29.8 Å². The Balaban J connectivity index is 2.37. The van der Waals surface area contributed by atoms with Crippen LogP contribution in [0, 0.1) is 0 Å². The van der Waals surface area contributed by atoms with Gasteiger partial charge < -0.3 is 9.84 Å². The fourth-order valence-corrected chi connectivity index (χ4v) is 2.22. The number of pyridine rings is 1. The number of carbonyl (C=O) groups is 2. The van der Waals surface area contributed by atoms with Crippen LogP contribution in [0.4, 0.5) is 0 Å². The predicted molar refractivity (Wildman–Crippen MR) is 65.8 cm³/mol. The summed E-state index contributed by atoms with van der Waals surface area (Å²) in [7, 11) is 1.31. The first-order chi connectivity index (χ1) is 8.61. The Morgan fingerprint density at radius 3 is 2.83 bits per heavy atom. The van der Waals surface area contributed by atoms with Crippen LogP contribution >= 0.6 is 11.3 Å². The molecule has 2 aromatic heterocycles. The van der Waals surface area contributed by atoms with Crippen molar-refractivity contribution in [2.45, 2.75) is 0 Å². The molecule has 0 fully saturated rings. The van der Waals surface area contributed by atoms with E-state index in [-0.39, 0.29) is 5.56 Å². The second-order valence-electron chi connectivity index (χ2n) is 3.43. The van der Waals surface area contributed by atoms with Gasteiger partial charge in [-0.2, -0.15) is 0 Å². The van der Waals surface area contributed by atoms with E-state index >= 15 is 0 Å². The molecule has 0 radical (unpaired) electrons. The average Bonchev–Trinajstić information content (AvgIpc) is 2.87. The van der Waals surface area contributed by atoms with Gasteiger partial charge in [-0.25, -0.2) is 9.59 Å². The van der Waals surface area contributed by atoms with Crippen LogP contribution in [0.5, 0.6) is 0 Å². The quantitative estimate of drug-likeness (QED) is 0.860. The zero-order valence-electron chi connectivity index (χ0n) is 9.41. The molecule has 6 heteroatoms. The molecule has 1 N–H and O–H groups in total. The predicted octanol–water partition coefficient (Wildman–Crippen LogP) is 2.29. The summed E-state index contributed by atoms with van der Waals surface area (Å²) in [5.74, 6) is -1.43. The topological polar surface area (TPSA) is 76.5 Å². The summed E-state index contributed by atoms with van der Waals surface area (Å²) in [6, 6.07) is 4.51. The van der Waals surface area contributed by atoms with Crippen molar-refractivity contribution in [3.63, 3.8) is 0 Å². The molecule has 2 aromatic rings. The van der Waals surface area contributed by atoms with Crippen LogP contribution in [0.1, 0.15) is 20.0 Å². The number of hydrogen-bond donors (Lipinski definition) is 1. The smallest absolute Gasteiger partial charge is 0.348 e. The molecular weight excluding hydrogens is 254 g/mol. The van der Waals surface area contributed by atoms with E-state index in [9.17, 15) is 9.59 Å². The third-order valence-corrected chi connectivity index (χ3v) is 3.20. The van der Waals surface area contributed by atoms with Gasteiger partial charge in [0.2, 0.25) is 0 Å². The van der Waals surface area contributed by atoms with Gasteiger partial charge in [-0.1, -0.05) is 0 Å². The first-order valence-corrected chi connectivity index (χ1v) is 5.86. The number of aromatic carboxylic acids is 1. The third-order valence-electron chi connectivity index (χ3n) is 2.29. The lowest BCUT2D eigenvalue weighted by Crippen LogP contribution is -1.98. The van der Waals surface area contributed by atoms with Crippen LogP contribution < -0.4 is 0 Å². The van der Waals surface area contributed by atoms with Crippen molar-refractivity contribution >= 4 is 23.3 Å². The van der Waals surface area contributed by atoms with Gasteiger partial charge in [0, 0.05) is 17.1 Å². The molecule has 0 aromatic carbocycles. The van der Waals surface area contributed by atoms with Crippen molar-refractivity contribution < 1.29 is 19.4 Å². The minimum Gasteiger partial charge on any atom is -0.478 e. The van der Waals surface area contributed by atoms with Gasteiger partial charge in [-0.15, -0.1) is 11.3 Å². The summed E-state index contributed by atoms with van der Waals surface area (Å²) < 4.78 is 4.60. The summed E-state index contributed by atoms with van der Waals surface area (Å²) in [6.07, 6.45) is 1.42. The number of carboxylic acids is 1. The minimum atomic E-state index is -1.01. The molecule has 2 rings (SSSR count). The van der Waals surface area contributed by atoms with E-state index in [2.05, 4.69) is 9.72 Å².